The Morgan fingerprint density at radius 1 is 1.03 bits per heavy atom. The van der Waals surface area contributed by atoms with Gasteiger partial charge in [-0.2, -0.15) is 9.67 Å². The van der Waals surface area contributed by atoms with Gasteiger partial charge in [0.15, 0.2) is 5.58 Å². The minimum atomic E-state index is -0.859. The number of benzene rings is 2. The molecule has 0 aliphatic carbocycles. The zero-order valence-electron chi connectivity index (χ0n) is 17.3. The fourth-order valence-corrected chi connectivity index (χ4v) is 4.27. The smallest absolute Gasteiger partial charge is 0.325 e. The molecule has 2 aromatic carbocycles. The minimum Gasteiger partial charge on any atom is -0.422 e. The molecule has 1 fully saturated rings. The first-order valence-electron chi connectivity index (χ1n) is 9.96. The molecule has 0 saturated carbocycles. The molecule has 1 saturated heterocycles. The Morgan fingerprint density at radius 2 is 1.74 bits per heavy atom. The van der Waals surface area contributed by atoms with Gasteiger partial charge in [-0.15, -0.1) is 0 Å². The van der Waals surface area contributed by atoms with Crippen LogP contribution in [-0.4, -0.2) is 26.6 Å². The molecule has 0 radical (unpaired) electrons. The molecule has 156 valence electrons. The summed E-state index contributed by atoms with van der Waals surface area (Å²) in [5, 5.41) is 2.94. The Bertz CT molecular complexity index is 1370. The summed E-state index contributed by atoms with van der Waals surface area (Å²) < 4.78 is 6.87. The molecule has 1 aliphatic heterocycles. The lowest BCUT2D eigenvalue weighted by atomic mass is 9.98. The summed E-state index contributed by atoms with van der Waals surface area (Å²) in [5.74, 6) is -1.59. The van der Waals surface area contributed by atoms with Gasteiger partial charge in [-0.05, 0) is 56.2 Å². The number of hydrogen-bond acceptors (Lipinski definition) is 5. The molecule has 2 aromatic heterocycles. The van der Waals surface area contributed by atoms with E-state index in [-0.39, 0.29) is 23.9 Å². The maximum atomic E-state index is 13.2. The first-order valence-corrected chi connectivity index (χ1v) is 9.96. The SMILES string of the molecule is Cc1cc(C)cc(N2C(=O)C[C@H](c3c(C)[nH]n(-c4nc5ccccc5o4)c3=O)C2=O)c1. The number of para-hydroxylation sites is 2. The van der Waals surface area contributed by atoms with Crippen molar-refractivity contribution in [1.82, 2.24) is 14.8 Å². The van der Waals surface area contributed by atoms with Crippen LogP contribution in [0.3, 0.4) is 0 Å². The zero-order valence-corrected chi connectivity index (χ0v) is 17.3. The molecule has 2 amide bonds. The highest BCUT2D eigenvalue weighted by Crippen LogP contribution is 2.34. The average Bonchev–Trinajstić information content (AvgIpc) is 3.34. The summed E-state index contributed by atoms with van der Waals surface area (Å²) in [5.41, 5.74) is 3.91. The highest BCUT2D eigenvalue weighted by Gasteiger charge is 2.43. The molecular weight excluding hydrogens is 396 g/mol. The Hall–Kier alpha value is -3.94. The van der Waals surface area contributed by atoms with Gasteiger partial charge in [0.1, 0.15) is 5.52 Å². The first-order chi connectivity index (χ1) is 14.8. The lowest BCUT2D eigenvalue weighted by Crippen LogP contribution is -2.31. The van der Waals surface area contributed by atoms with Gasteiger partial charge in [0, 0.05) is 12.1 Å². The molecule has 8 nitrogen and oxygen atoms in total. The Morgan fingerprint density at radius 3 is 2.45 bits per heavy atom. The average molecular weight is 416 g/mol. The summed E-state index contributed by atoms with van der Waals surface area (Å²) in [6.45, 7) is 5.52. The monoisotopic (exact) mass is 416 g/mol. The maximum absolute atomic E-state index is 13.2. The van der Waals surface area contributed by atoms with Gasteiger partial charge in [-0.3, -0.25) is 19.5 Å². The molecule has 1 N–H and O–H groups in total. The fraction of sp³-hybridized carbons (Fsp3) is 0.217. The number of rotatable bonds is 3. The minimum absolute atomic E-state index is 0.0622. The van der Waals surface area contributed by atoms with Crippen molar-refractivity contribution in [3.05, 3.63) is 75.2 Å². The van der Waals surface area contributed by atoms with Crippen molar-refractivity contribution in [2.24, 2.45) is 0 Å². The van der Waals surface area contributed by atoms with Crippen molar-refractivity contribution < 1.29 is 14.0 Å². The number of carbonyl (C=O) groups is 2. The van der Waals surface area contributed by atoms with E-state index in [1.165, 1.54) is 9.58 Å². The van der Waals surface area contributed by atoms with E-state index in [0.717, 1.165) is 11.1 Å². The van der Waals surface area contributed by atoms with Crippen LogP contribution < -0.4 is 10.5 Å². The molecule has 0 bridgehead atoms. The van der Waals surface area contributed by atoms with E-state index >= 15 is 0 Å². The number of nitrogens with one attached hydrogen (secondary N) is 1. The summed E-state index contributed by atoms with van der Waals surface area (Å²) >= 11 is 0. The lowest BCUT2D eigenvalue weighted by Gasteiger charge is -2.16. The summed E-state index contributed by atoms with van der Waals surface area (Å²) in [4.78, 5) is 44.7. The van der Waals surface area contributed by atoms with Crippen molar-refractivity contribution in [2.45, 2.75) is 33.1 Å². The topological polar surface area (TPSA) is 101 Å². The van der Waals surface area contributed by atoms with E-state index in [0.29, 0.717) is 22.5 Å². The standard InChI is InChI=1S/C23H20N4O4/c1-12-8-13(2)10-15(9-12)26-19(28)11-16(21(26)29)20-14(3)25-27(22(20)30)23-24-17-6-4-5-7-18(17)31-23/h4-10,16,25H,11H2,1-3H3/t16-/m1/s1. The van der Waals surface area contributed by atoms with Crippen LogP contribution in [0.2, 0.25) is 0 Å². The molecule has 31 heavy (non-hydrogen) atoms. The Labute approximate surface area is 177 Å². The number of aryl methyl sites for hydroxylation is 3. The highest BCUT2D eigenvalue weighted by molar-refractivity contribution is 6.22. The zero-order chi connectivity index (χ0) is 21.9. The second-order valence-corrected chi connectivity index (χ2v) is 7.93. The van der Waals surface area contributed by atoms with Crippen LogP contribution >= 0.6 is 0 Å². The molecular formula is C23H20N4O4. The van der Waals surface area contributed by atoms with Gasteiger partial charge in [0.05, 0.1) is 17.2 Å². The highest BCUT2D eigenvalue weighted by atomic mass is 16.4. The number of hydrogen-bond donors (Lipinski definition) is 1. The number of oxazole rings is 1. The Balaban J connectivity index is 1.56. The summed E-state index contributed by atoms with van der Waals surface area (Å²) in [6.07, 6.45) is -0.0622. The first kappa shape index (κ1) is 19.0. The van der Waals surface area contributed by atoms with E-state index < -0.39 is 17.4 Å². The van der Waals surface area contributed by atoms with E-state index in [9.17, 15) is 14.4 Å². The molecule has 4 aromatic rings. The summed E-state index contributed by atoms with van der Waals surface area (Å²) in [6, 6.07) is 12.8. The number of H-pyrrole nitrogens is 1. The normalized spacial score (nSPS) is 16.6. The number of fused-ring (bicyclic) bond motifs is 1. The molecule has 1 atom stereocenters. The van der Waals surface area contributed by atoms with Crippen molar-refractivity contribution in [3.8, 4) is 6.01 Å². The van der Waals surface area contributed by atoms with Gasteiger partial charge in [-0.25, -0.2) is 4.90 Å². The van der Waals surface area contributed by atoms with Crippen LogP contribution in [0.1, 0.15) is 34.7 Å². The second-order valence-electron chi connectivity index (χ2n) is 7.93. The molecule has 5 rings (SSSR count). The largest absolute Gasteiger partial charge is 0.422 e. The van der Waals surface area contributed by atoms with Crippen LogP contribution in [0.25, 0.3) is 17.1 Å². The number of carbonyl (C=O) groups excluding carboxylic acids is 2. The van der Waals surface area contributed by atoms with E-state index in [1.54, 1.807) is 31.2 Å². The van der Waals surface area contributed by atoms with Crippen LogP contribution in [0.4, 0.5) is 5.69 Å². The maximum Gasteiger partial charge on any atom is 0.325 e. The van der Waals surface area contributed by atoms with Crippen molar-refractivity contribution in [1.29, 1.82) is 0 Å². The van der Waals surface area contributed by atoms with Crippen LogP contribution in [-0.2, 0) is 9.59 Å². The van der Waals surface area contributed by atoms with Crippen LogP contribution in [0.15, 0.2) is 51.7 Å². The predicted molar refractivity (Wildman–Crippen MR) is 114 cm³/mol. The predicted octanol–water partition coefficient (Wildman–Crippen LogP) is 3.28. The third kappa shape index (κ3) is 2.99. The third-order valence-electron chi connectivity index (χ3n) is 5.55. The van der Waals surface area contributed by atoms with Gasteiger partial charge < -0.3 is 4.42 Å². The van der Waals surface area contributed by atoms with Crippen LogP contribution in [0.5, 0.6) is 0 Å². The quantitative estimate of drug-likeness (QED) is 0.517. The number of aromatic nitrogens is 3. The number of amides is 2. The molecule has 0 unspecified atom stereocenters. The molecule has 0 spiro atoms. The van der Waals surface area contributed by atoms with Crippen molar-refractivity contribution in [3.63, 3.8) is 0 Å². The van der Waals surface area contributed by atoms with Gasteiger partial charge in [0.25, 0.3) is 5.56 Å². The van der Waals surface area contributed by atoms with E-state index in [1.807, 2.05) is 32.0 Å². The van der Waals surface area contributed by atoms with Gasteiger partial charge in [-0.1, -0.05) is 18.2 Å². The van der Waals surface area contributed by atoms with Crippen molar-refractivity contribution >= 4 is 28.6 Å². The molecule has 3 heterocycles. The van der Waals surface area contributed by atoms with Gasteiger partial charge >= 0.3 is 6.01 Å². The van der Waals surface area contributed by atoms with Crippen LogP contribution in [0, 0.1) is 20.8 Å². The fourth-order valence-electron chi connectivity index (χ4n) is 4.27. The van der Waals surface area contributed by atoms with E-state index in [4.69, 9.17) is 4.42 Å². The summed E-state index contributed by atoms with van der Waals surface area (Å²) in [7, 11) is 0. The second kappa shape index (κ2) is 6.80. The van der Waals surface area contributed by atoms with Crippen molar-refractivity contribution in [2.75, 3.05) is 4.90 Å². The number of anilines is 1. The van der Waals surface area contributed by atoms with E-state index in [2.05, 4.69) is 10.1 Å². The number of imide groups is 1. The lowest BCUT2D eigenvalue weighted by molar-refractivity contribution is -0.121. The third-order valence-corrected chi connectivity index (χ3v) is 5.55. The molecule has 8 heteroatoms. The van der Waals surface area contributed by atoms with Gasteiger partial charge in [0.2, 0.25) is 11.8 Å². The number of nitrogens with zero attached hydrogens (tertiary/aromatic N) is 3. The molecule has 1 aliphatic rings. The number of aromatic amines is 1. The Kier molecular flexibility index (Phi) is 4.18.